The molecule has 1 saturated heterocycles. The predicted molar refractivity (Wildman–Crippen MR) is 78.5 cm³/mol. The number of piperidine rings is 1. The lowest BCUT2D eigenvalue weighted by Gasteiger charge is -2.31. The summed E-state index contributed by atoms with van der Waals surface area (Å²) in [6.45, 7) is 7.40. The first-order valence-corrected chi connectivity index (χ1v) is 7.62. The summed E-state index contributed by atoms with van der Waals surface area (Å²) in [6, 6.07) is 0. The molecule has 2 heterocycles. The van der Waals surface area contributed by atoms with Crippen LogP contribution in [0.3, 0.4) is 0 Å². The van der Waals surface area contributed by atoms with E-state index in [-0.39, 0.29) is 17.7 Å². The second-order valence-corrected chi connectivity index (χ2v) is 5.86. The van der Waals surface area contributed by atoms with Crippen LogP contribution in [0.15, 0.2) is 4.52 Å². The number of rotatable bonds is 6. The van der Waals surface area contributed by atoms with E-state index in [1.165, 1.54) is 0 Å². The van der Waals surface area contributed by atoms with Crippen LogP contribution in [0.4, 0.5) is 0 Å². The molecule has 0 saturated carbocycles. The Kier molecular flexibility index (Phi) is 5.69. The van der Waals surface area contributed by atoms with E-state index in [2.05, 4.69) is 20.4 Å². The van der Waals surface area contributed by atoms with Gasteiger partial charge in [0.1, 0.15) is 0 Å². The summed E-state index contributed by atoms with van der Waals surface area (Å²) in [5.41, 5.74) is 5.41. The third-order valence-electron chi connectivity index (χ3n) is 3.66. The van der Waals surface area contributed by atoms with Gasteiger partial charge in [-0.05, 0) is 19.4 Å². The largest absolute Gasteiger partial charge is 0.355 e. The summed E-state index contributed by atoms with van der Waals surface area (Å²) < 4.78 is 5.21. The molecular weight excluding hydrogens is 270 g/mol. The molecule has 2 rings (SSSR count). The molecule has 118 valence electrons. The quantitative estimate of drug-likeness (QED) is 0.792. The molecule has 1 aliphatic heterocycles. The fourth-order valence-corrected chi connectivity index (χ4v) is 2.52. The molecule has 3 N–H and O–H groups in total. The van der Waals surface area contributed by atoms with Gasteiger partial charge in [0.2, 0.25) is 11.8 Å². The Morgan fingerprint density at radius 2 is 2.38 bits per heavy atom. The van der Waals surface area contributed by atoms with Crippen LogP contribution in [0.2, 0.25) is 0 Å². The second-order valence-electron chi connectivity index (χ2n) is 5.86. The smallest absolute Gasteiger partial charge is 0.229 e. The summed E-state index contributed by atoms with van der Waals surface area (Å²) in [5, 5.41) is 6.87. The van der Waals surface area contributed by atoms with E-state index in [0.29, 0.717) is 31.3 Å². The maximum atomic E-state index is 12.0. The molecule has 1 atom stereocenters. The highest BCUT2D eigenvalue weighted by Crippen LogP contribution is 2.19. The molecule has 7 heteroatoms. The number of nitrogens with two attached hydrogens (primary N) is 1. The van der Waals surface area contributed by atoms with Gasteiger partial charge in [-0.15, -0.1) is 0 Å². The van der Waals surface area contributed by atoms with E-state index < -0.39 is 0 Å². The molecule has 0 aromatic carbocycles. The lowest BCUT2D eigenvalue weighted by molar-refractivity contribution is -0.126. The third-order valence-corrected chi connectivity index (χ3v) is 3.66. The number of amides is 1. The summed E-state index contributed by atoms with van der Waals surface area (Å²) in [5.74, 6) is 1.73. The van der Waals surface area contributed by atoms with Crippen molar-refractivity contribution in [2.75, 3.05) is 26.2 Å². The van der Waals surface area contributed by atoms with Crippen molar-refractivity contribution >= 4 is 5.91 Å². The van der Waals surface area contributed by atoms with Gasteiger partial charge < -0.3 is 15.6 Å². The van der Waals surface area contributed by atoms with Crippen molar-refractivity contribution < 1.29 is 9.32 Å². The normalized spacial score (nSPS) is 19.9. The maximum Gasteiger partial charge on any atom is 0.229 e. The SMILES string of the molecule is CC(C)c1nc(CN2CCCC(C(=O)NCCN)C2)no1. The van der Waals surface area contributed by atoms with Crippen molar-refractivity contribution in [1.29, 1.82) is 0 Å². The topological polar surface area (TPSA) is 97.3 Å². The zero-order valence-electron chi connectivity index (χ0n) is 12.8. The number of nitrogens with zero attached hydrogens (tertiary/aromatic N) is 3. The monoisotopic (exact) mass is 295 g/mol. The van der Waals surface area contributed by atoms with E-state index in [9.17, 15) is 4.79 Å². The van der Waals surface area contributed by atoms with E-state index in [1.807, 2.05) is 13.8 Å². The molecular formula is C14H25N5O2. The number of aromatic nitrogens is 2. The van der Waals surface area contributed by atoms with Crippen molar-refractivity contribution in [1.82, 2.24) is 20.4 Å². The molecule has 0 bridgehead atoms. The second kappa shape index (κ2) is 7.51. The Morgan fingerprint density at radius 3 is 3.05 bits per heavy atom. The van der Waals surface area contributed by atoms with Gasteiger partial charge in [-0.3, -0.25) is 9.69 Å². The highest BCUT2D eigenvalue weighted by atomic mass is 16.5. The molecule has 7 nitrogen and oxygen atoms in total. The van der Waals surface area contributed by atoms with E-state index in [4.69, 9.17) is 10.3 Å². The lowest BCUT2D eigenvalue weighted by Crippen LogP contribution is -2.43. The first-order valence-electron chi connectivity index (χ1n) is 7.62. The fraction of sp³-hybridized carbons (Fsp3) is 0.786. The molecule has 1 fully saturated rings. The van der Waals surface area contributed by atoms with Crippen molar-refractivity contribution in [3.63, 3.8) is 0 Å². The number of likely N-dealkylation sites (tertiary alicyclic amines) is 1. The van der Waals surface area contributed by atoms with Crippen molar-refractivity contribution in [2.45, 2.75) is 39.2 Å². The van der Waals surface area contributed by atoms with Crippen molar-refractivity contribution in [3.05, 3.63) is 11.7 Å². The average Bonchev–Trinajstić information content (AvgIpc) is 2.94. The van der Waals surface area contributed by atoms with Crippen molar-refractivity contribution in [2.24, 2.45) is 11.7 Å². The Bertz CT molecular complexity index is 460. The third kappa shape index (κ3) is 4.50. The van der Waals surface area contributed by atoms with Crippen LogP contribution in [0.1, 0.15) is 44.3 Å². The highest BCUT2D eigenvalue weighted by Gasteiger charge is 2.26. The molecule has 1 aromatic heterocycles. The Morgan fingerprint density at radius 1 is 1.57 bits per heavy atom. The van der Waals surface area contributed by atoms with Gasteiger partial charge in [-0.1, -0.05) is 19.0 Å². The Labute approximate surface area is 125 Å². The Hall–Kier alpha value is -1.47. The molecule has 0 spiro atoms. The summed E-state index contributed by atoms with van der Waals surface area (Å²) in [4.78, 5) is 18.6. The van der Waals surface area contributed by atoms with Gasteiger partial charge in [0, 0.05) is 25.6 Å². The molecule has 1 unspecified atom stereocenters. The maximum absolute atomic E-state index is 12.0. The standard InChI is InChI=1S/C14H25N5O2/c1-10(2)14-17-12(18-21-14)9-19-7-3-4-11(8-19)13(20)16-6-5-15/h10-11H,3-9,15H2,1-2H3,(H,16,20). The molecule has 1 aliphatic rings. The van der Waals surface area contributed by atoms with E-state index in [0.717, 1.165) is 25.9 Å². The summed E-state index contributed by atoms with van der Waals surface area (Å²) in [6.07, 6.45) is 1.94. The molecule has 0 aliphatic carbocycles. The molecule has 1 aromatic rings. The summed E-state index contributed by atoms with van der Waals surface area (Å²) in [7, 11) is 0. The first-order chi connectivity index (χ1) is 10.1. The van der Waals surface area contributed by atoms with Gasteiger partial charge in [-0.2, -0.15) is 4.98 Å². The summed E-state index contributed by atoms with van der Waals surface area (Å²) >= 11 is 0. The molecule has 0 radical (unpaired) electrons. The van der Waals surface area contributed by atoms with Crippen LogP contribution in [0.25, 0.3) is 0 Å². The van der Waals surface area contributed by atoms with Crippen LogP contribution in [-0.2, 0) is 11.3 Å². The molecule has 21 heavy (non-hydrogen) atoms. The van der Waals surface area contributed by atoms with Gasteiger partial charge >= 0.3 is 0 Å². The zero-order valence-corrected chi connectivity index (χ0v) is 12.8. The van der Waals surface area contributed by atoms with Crippen LogP contribution >= 0.6 is 0 Å². The van der Waals surface area contributed by atoms with Crippen molar-refractivity contribution in [3.8, 4) is 0 Å². The highest BCUT2D eigenvalue weighted by molar-refractivity contribution is 5.78. The zero-order chi connectivity index (χ0) is 15.2. The Balaban J connectivity index is 1.87. The number of carbonyl (C=O) groups excluding carboxylic acids is 1. The van der Waals surface area contributed by atoms with E-state index >= 15 is 0 Å². The number of carbonyl (C=O) groups is 1. The minimum absolute atomic E-state index is 0.0294. The molecule has 1 amide bonds. The first kappa shape index (κ1) is 15.9. The minimum atomic E-state index is 0.0294. The van der Waals surface area contributed by atoms with Crippen LogP contribution in [0, 0.1) is 5.92 Å². The van der Waals surface area contributed by atoms with Crippen LogP contribution < -0.4 is 11.1 Å². The lowest BCUT2D eigenvalue weighted by atomic mass is 9.97. The predicted octanol–water partition coefficient (Wildman–Crippen LogP) is 0.480. The van der Waals surface area contributed by atoms with Gasteiger partial charge in [0.15, 0.2) is 5.82 Å². The number of nitrogens with one attached hydrogen (secondary N) is 1. The van der Waals surface area contributed by atoms with Crippen LogP contribution in [0.5, 0.6) is 0 Å². The fourth-order valence-electron chi connectivity index (χ4n) is 2.52. The van der Waals surface area contributed by atoms with Gasteiger partial charge in [0.05, 0.1) is 12.5 Å². The van der Waals surface area contributed by atoms with E-state index in [1.54, 1.807) is 0 Å². The average molecular weight is 295 g/mol. The number of hydrogen-bond donors (Lipinski definition) is 2. The number of hydrogen-bond acceptors (Lipinski definition) is 6. The van der Waals surface area contributed by atoms with Crippen LogP contribution in [-0.4, -0.2) is 47.1 Å². The minimum Gasteiger partial charge on any atom is -0.355 e. The van der Waals surface area contributed by atoms with Gasteiger partial charge in [0.25, 0.3) is 0 Å². The van der Waals surface area contributed by atoms with Gasteiger partial charge in [-0.25, -0.2) is 0 Å².